The average Bonchev–Trinajstić information content (AvgIpc) is 2.81. The predicted octanol–water partition coefficient (Wildman–Crippen LogP) is 1.01. The zero-order valence-corrected chi connectivity index (χ0v) is 13.7. The molecular formula is C14H25N5O2. The Morgan fingerprint density at radius 2 is 1.95 bits per heavy atom. The molecule has 0 aromatic carbocycles. The fourth-order valence-electron chi connectivity index (χ4n) is 2.31. The van der Waals surface area contributed by atoms with Crippen molar-refractivity contribution in [3.63, 3.8) is 0 Å². The van der Waals surface area contributed by atoms with Crippen molar-refractivity contribution in [3.05, 3.63) is 5.89 Å². The number of aromatic nitrogens is 2. The quantitative estimate of drug-likeness (QED) is 0.897. The Hall–Kier alpha value is -1.63. The molecule has 1 aliphatic rings. The van der Waals surface area contributed by atoms with Gasteiger partial charge in [-0.25, -0.2) is 0 Å². The molecule has 21 heavy (non-hydrogen) atoms. The van der Waals surface area contributed by atoms with Crippen molar-refractivity contribution in [2.24, 2.45) is 0 Å². The number of carbonyl (C=O) groups excluding carboxylic acids is 1. The highest BCUT2D eigenvalue weighted by molar-refractivity contribution is 5.89. The van der Waals surface area contributed by atoms with Gasteiger partial charge in [0, 0.05) is 25.7 Å². The third-order valence-electron chi connectivity index (χ3n) is 3.66. The average molecular weight is 295 g/mol. The van der Waals surface area contributed by atoms with Crippen LogP contribution in [0.3, 0.4) is 0 Å². The van der Waals surface area contributed by atoms with Crippen molar-refractivity contribution in [1.82, 2.24) is 20.4 Å². The highest BCUT2D eigenvalue weighted by Gasteiger charge is 2.42. The molecule has 0 bridgehead atoms. The molecule has 2 heterocycles. The summed E-state index contributed by atoms with van der Waals surface area (Å²) in [5, 5.41) is 11.5. The van der Waals surface area contributed by atoms with Gasteiger partial charge in [0.15, 0.2) is 0 Å². The first kappa shape index (κ1) is 15.8. The van der Waals surface area contributed by atoms with Crippen LogP contribution in [0.25, 0.3) is 0 Å². The smallest absolute Gasteiger partial charge is 0.319 e. The van der Waals surface area contributed by atoms with Crippen LogP contribution in [0, 0.1) is 0 Å². The maximum Gasteiger partial charge on any atom is 0.319 e. The van der Waals surface area contributed by atoms with Gasteiger partial charge < -0.3 is 19.5 Å². The van der Waals surface area contributed by atoms with Crippen LogP contribution in [0.2, 0.25) is 0 Å². The van der Waals surface area contributed by atoms with E-state index >= 15 is 0 Å². The van der Waals surface area contributed by atoms with Crippen molar-refractivity contribution < 1.29 is 9.21 Å². The van der Waals surface area contributed by atoms with Crippen molar-refractivity contribution in [3.8, 4) is 0 Å². The molecule has 1 aliphatic heterocycles. The lowest BCUT2D eigenvalue weighted by atomic mass is 9.98. The molecule has 1 N–H and O–H groups in total. The van der Waals surface area contributed by atoms with E-state index in [9.17, 15) is 4.79 Å². The molecule has 0 aliphatic carbocycles. The standard InChI is InChI=1S/C14H25N5O2/c1-13(2,3)15-9-10-16-17-12(21-10)19-8-7-18(6)11(20)14(19,4)5/h15H,7-9H2,1-6H3. The van der Waals surface area contributed by atoms with E-state index in [-0.39, 0.29) is 11.4 Å². The number of nitrogens with one attached hydrogen (secondary N) is 1. The third-order valence-corrected chi connectivity index (χ3v) is 3.66. The Bertz CT molecular complexity index is 518. The highest BCUT2D eigenvalue weighted by atomic mass is 16.4. The van der Waals surface area contributed by atoms with Crippen molar-refractivity contribution >= 4 is 11.9 Å². The van der Waals surface area contributed by atoms with Gasteiger partial charge >= 0.3 is 6.01 Å². The molecule has 0 spiro atoms. The second-order valence-corrected chi connectivity index (χ2v) is 7.02. The van der Waals surface area contributed by atoms with E-state index in [1.54, 1.807) is 4.90 Å². The van der Waals surface area contributed by atoms with Crippen molar-refractivity contribution in [1.29, 1.82) is 0 Å². The zero-order valence-electron chi connectivity index (χ0n) is 13.7. The number of carbonyl (C=O) groups is 1. The van der Waals surface area contributed by atoms with Crippen LogP contribution in [0.4, 0.5) is 6.01 Å². The number of nitrogens with zero attached hydrogens (tertiary/aromatic N) is 4. The van der Waals surface area contributed by atoms with Crippen LogP contribution in [0.15, 0.2) is 4.42 Å². The molecule has 0 radical (unpaired) electrons. The maximum absolute atomic E-state index is 12.3. The molecule has 1 amide bonds. The van der Waals surface area contributed by atoms with Gasteiger partial charge in [-0.3, -0.25) is 4.79 Å². The first-order valence-electron chi connectivity index (χ1n) is 7.22. The van der Waals surface area contributed by atoms with Crippen LogP contribution in [0.1, 0.15) is 40.5 Å². The summed E-state index contributed by atoms with van der Waals surface area (Å²) in [4.78, 5) is 15.9. The summed E-state index contributed by atoms with van der Waals surface area (Å²) in [6, 6.07) is 0.409. The number of rotatable bonds is 3. The molecule has 1 aromatic heterocycles. The van der Waals surface area contributed by atoms with Gasteiger partial charge in [-0.05, 0) is 34.6 Å². The molecule has 0 saturated carbocycles. The summed E-state index contributed by atoms with van der Waals surface area (Å²) in [6.45, 7) is 11.8. The lowest BCUT2D eigenvalue weighted by Crippen LogP contribution is -2.62. The summed E-state index contributed by atoms with van der Waals surface area (Å²) in [7, 11) is 1.81. The maximum atomic E-state index is 12.3. The third kappa shape index (κ3) is 3.34. The predicted molar refractivity (Wildman–Crippen MR) is 80.0 cm³/mol. The Morgan fingerprint density at radius 3 is 2.57 bits per heavy atom. The molecule has 1 aromatic rings. The van der Waals surface area contributed by atoms with E-state index in [2.05, 4.69) is 36.3 Å². The number of anilines is 1. The Morgan fingerprint density at radius 1 is 1.29 bits per heavy atom. The monoisotopic (exact) mass is 295 g/mol. The number of hydrogen-bond acceptors (Lipinski definition) is 6. The fraction of sp³-hybridized carbons (Fsp3) is 0.786. The molecule has 0 unspecified atom stereocenters. The number of amides is 1. The first-order chi connectivity index (χ1) is 9.61. The van der Waals surface area contributed by atoms with Gasteiger partial charge in [-0.2, -0.15) is 0 Å². The number of piperazine rings is 1. The van der Waals surface area contributed by atoms with Crippen LogP contribution in [-0.4, -0.2) is 52.2 Å². The van der Waals surface area contributed by atoms with Crippen molar-refractivity contribution in [2.45, 2.75) is 52.2 Å². The van der Waals surface area contributed by atoms with Crippen LogP contribution in [0.5, 0.6) is 0 Å². The van der Waals surface area contributed by atoms with Gasteiger partial charge in [0.05, 0.1) is 6.54 Å². The van der Waals surface area contributed by atoms with Gasteiger partial charge in [-0.15, -0.1) is 5.10 Å². The summed E-state index contributed by atoms with van der Waals surface area (Å²) in [5.41, 5.74) is -0.689. The van der Waals surface area contributed by atoms with E-state index in [0.29, 0.717) is 31.5 Å². The topological polar surface area (TPSA) is 74.5 Å². The molecule has 7 heteroatoms. The van der Waals surface area contributed by atoms with Gasteiger partial charge in [-0.1, -0.05) is 5.10 Å². The second kappa shape index (κ2) is 5.29. The van der Waals surface area contributed by atoms with E-state index in [0.717, 1.165) is 0 Å². The molecular weight excluding hydrogens is 270 g/mol. The SMILES string of the molecule is CN1CCN(c2nnc(CNC(C)(C)C)o2)C(C)(C)C1=O. The van der Waals surface area contributed by atoms with Crippen molar-refractivity contribution in [2.75, 3.05) is 25.0 Å². The molecule has 0 atom stereocenters. The van der Waals surface area contributed by atoms with Crippen LogP contribution in [-0.2, 0) is 11.3 Å². The van der Waals surface area contributed by atoms with E-state index in [1.807, 2.05) is 25.8 Å². The highest BCUT2D eigenvalue weighted by Crippen LogP contribution is 2.27. The first-order valence-corrected chi connectivity index (χ1v) is 7.22. The number of likely N-dealkylation sites (N-methyl/N-ethyl adjacent to an activating group) is 1. The molecule has 1 saturated heterocycles. The normalized spacial score (nSPS) is 19.2. The summed E-state index contributed by atoms with van der Waals surface area (Å²) >= 11 is 0. The van der Waals surface area contributed by atoms with E-state index in [1.165, 1.54) is 0 Å². The summed E-state index contributed by atoms with van der Waals surface area (Å²) in [5.74, 6) is 0.586. The largest absolute Gasteiger partial charge is 0.407 e. The minimum atomic E-state index is -0.672. The molecule has 1 fully saturated rings. The Balaban J connectivity index is 2.12. The van der Waals surface area contributed by atoms with Gasteiger partial charge in [0.25, 0.3) is 0 Å². The summed E-state index contributed by atoms with van der Waals surface area (Å²) < 4.78 is 5.71. The lowest BCUT2D eigenvalue weighted by Gasteiger charge is -2.43. The zero-order chi connectivity index (χ0) is 15.8. The molecule has 2 rings (SSSR count). The van der Waals surface area contributed by atoms with Gasteiger partial charge in [0.1, 0.15) is 5.54 Å². The minimum absolute atomic E-state index is 0.0162. The summed E-state index contributed by atoms with van der Waals surface area (Å²) in [6.07, 6.45) is 0. The lowest BCUT2D eigenvalue weighted by molar-refractivity contribution is -0.136. The van der Waals surface area contributed by atoms with Crippen LogP contribution >= 0.6 is 0 Å². The second-order valence-electron chi connectivity index (χ2n) is 7.02. The minimum Gasteiger partial charge on any atom is -0.407 e. The molecule has 7 nitrogen and oxygen atoms in total. The Kier molecular flexibility index (Phi) is 3.97. The van der Waals surface area contributed by atoms with E-state index < -0.39 is 5.54 Å². The Labute approximate surface area is 125 Å². The van der Waals surface area contributed by atoms with E-state index in [4.69, 9.17) is 4.42 Å². The van der Waals surface area contributed by atoms with Crippen LogP contribution < -0.4 is 10.2 Å². The number of hydrogen-bond donors (Lipinski definition) is 1. The fourth-order valence-corrected chi connectivity index (χ4v) is 2.31. The molecule has 118 valence electrons. The van der Waals surface area contributed by atoms with Gasteiger partial charge in [0.2, 0.25) is 11.8 Å².